The van der Waals surface area contributed by atoms with Crippen LogP contribution in [0, 0.1) is 0 Å². The van der Waals surface area contributed by atoms with Crippen LogP contribution in [0.15, 0.2) is 28.0 Å². The van der Waals surface area contributed by atoms with E-state index in [4.69, 9.17) is 5.11 Å². The zero-order valence-electron chi connectivity index (χ0n) is 8.90. The minimum absolute atomic E-state index is 0.0372. The molecule has 1 aromatic carbocycles. The van der Waals surface area contributed by atoms with Crippen molar-refractivity contribution in [2.24, 2.45) is 0 Å². The Balaban J connectivity index is 2.12. The lowest BCUT2D eigenvalue weighted by atomic mass is 10.2. The highest BCUT2D eigenvalue weighted by Gasteiger charge is 2.20. The molecule has 16 heavy (non-hydrogen) atoms. The second-order valence-corrected chi connectivity index (χ2v) is 5.55. The Bertz CT molecular complexity index is 409. The highest BCUT2D eigenvalue weighted by atomic mass is 32.2. The van der Waals surface area contributed by atoms with Crippen LogP contribution in [0.25, 0.3) is 0 Å². The molecule has 2 rings (SSSR count). The fraction of sp³-hybridized carbons (Fsp3) is 0.364. The van der Waals surface area contributed by atoms with E-state index in [1.807, 2.05) is 6.07 Å². The van der Waals surface area contributed by atoms with E-state index in [-0.39, 0.29) is 12.5 Å². The molecule has 0 amide bonds. The lowest BCUT2D eigenvalue weighted by Gasteiger charge is -2.25. The van der Waals surface area contributed by atoms with Crippen LogP contribution >= 0.6 is 23.5 Å². The molecule has 1 aliphatic heterocycles. The number of rotatable bonds is 3. The summed E-state index contributed by atoms with van der Waals surface area (Å²) in [7, 11) is 0. The fourth-order valence-electron chi connectivity index (χ4n) is 1.64. The lowest BCUT2D eigenvalue weighted by molar-refractivity contribution is -0.137. The number of hydrogen-bond donors (Lipinski definition) is 2. The summed E-state index contributed by atoms with van der Waals surface area (Å²) in [4.78, 5) is 13.1. The number of thioether (sulfide) groups is 2. The minimum atomic E-state index is -0.748. The van der Waals surface area contributed by atoms with Crippen molar-refractivity contribution in [3.05, 3.63) is 18.2 Å². The molecule has 86 valence electrons. The van der Waals surface area contributed by atoms with Gasteiger partial charge in [0.15, 0.2) is 0 Å². The maximum absolute atomic E-state index is 10.6. The number of nitrogens with one attached hydrogen (secondary N) is 1. The molecule has 2 N–H and O–H groups in total. The first-order chi connectivity index (χ1) is 7.69. The van der Waals surface area contributed by atoms with Crippen molar-refractivity contribution in [3.8, 4) is 0 Å². The molecule has 0 spiro atoms. The standard InChI is InChI=1S/C11H13NO2S2/c1-15-8-2-3-9-10(5-8)16-6-7(12-9)4-11(13)14/h2-3,5,7,12H,4,6H2,1H3,(H,13,14). The lowest BCUT2D eigenvalue weighted by Crippen LogP contribution is -2.28. The molecule has 0 aromatic heterocycles. The Morgan fingerprint density at radius 2 is 2.50 bits per heavy atom. The normalized spacial score (nSPS) is 18.7. The highest BCUT2D eigenvalue weighted by Crippen LogP contribution is 2.36. The second-order valence-electron chi connectivity index (χ2n) is 3.61. The monoisotopic (exact) mass is 255 g/mol. The van der Waals surface area contributed by atoms with Gasteiger partial charge in [-0.05, 0) is 24.5 Å². The van der Waals surface area contributed by atoms with Gasteiger partial charge in [0.2, 0.25) is 0 Å². The molecule has 1 aromatic rings. The van der Waals surface area contributed by atoms with Gasteiger partial charge in [0.25, 0.3) is 0 Å². The van der Waals surface area contributed by atoms with Crippen molar-refractivity contribution in [1.82, 2.24) is 0 Å². The summed E-state index contributed by atoms with van der Waals surface area (Å²) in [6, 6.07) is 6.27. The zero-order chi connectivity index (χ0) is 11.5. The van der Waals surface area contributed by atoms with Gasteiger partial charge in [0, 0.05) is 27.3 Å². The first-order valence-corrected chi connectivity index (χ1v) is 7.19. The molecule has 0 radical (unpaired) electrons. The van der Waals surface area contributed by atoms with Crippen molar-refractivity contribution in [1.29, 1.82) is 0 Å². The number of fused-ring (bicyclic) bond motifs is 1. The number of carboxylic acids is 1. The van der Waals surface area contributed by atoms with Gasteiger partial charge in [-0.25, -0.2) is 0 Å². The van der Waals surface area contributed by atoms with Gasteiger partial charge < -0.3 is 10.4 Å². The van der Waals surface area contributed by atoms with Crippen LogP contribution < -0.4 is 5.32 Å². The molecule has 0 aliphatic carbocycles. The average Bonchev–Trinajstić information content (AvgIpc) is 2.27. The minimum Gasteiger partial charge on any atom is -0.481 e. The van der Waals surface area contributed by atoms with E-state index in [1.54, 1.807) is 23.5 Å². The summed E-state index contributed by atoms with van der Waals surface area (Å²) in [5.41, 5.74) is 1.06. The fourth-order valence-corrected chi connectivity index (χ4v) is 3.23. The molecule has 1 unspecified atom stereocenters. The third-order valence-corrected chi connectivity index (χ3v) is 4.35. The van der Waals surface area contributed by atoms with Crippen molar-refractivity contribution in [2.45, 2.75) is 22.3 Å². The maximum atomic E-state index is 10.6. The molecule has 5 heteroatoms. The van der Waals surface area contributed by atoms with Gasteiger partial charge in [0.1, 0.15) is 0 Å². The summed E-state index contributed by atoms with van der Waals surface area (Å²) in [6.45, 7) is 0. The third-order valence-electron chi connectivity index (χ3n) is 2.41. The number of hydrogen-bond acceptors (Lipinski definition) is 4. The summed E-state index contributed by atoms with van der Waals surface area (Å²) in [5, 5.41) is 12.0. The Morgan fingerprint density at radius 1 is 1.69 bits per heavy atom. The quantitative estimate of drug-likeness (QED) is 0.813. The summed E-state index contributed by atoms with van der Waals surface area (Å²) >= 11 is 3.45. The molecule has 0 bridgehead atoms. The number of aliphatic carboxylic acids is 1. The number of carboxylic acid groups (broad SMARTS) is 1. The molecule has 1 heterocycles. The largest absolute Gasteiger partial charge is 0.481 e. The van der Waals surface area contributed by atoms with E-state index in [9.17, 15) is 4.79 Å². The van der Waals surface area contributed by atoms with E-state index < -0.39 is 5.97 Å². The van der Waals surface area contributed by atoms with Crippen LogP contribution in [0.5, 0.6) is 0 Å². The van der Waals surface area contributed by atoms with Crippen molar-refractivity contribution in [3.63, 3.8) is 0 Å². The van der Waals surface area contributed by atoms with Crippen molar-refractivity contribution >= 4 is 35.2 Å². The number of benzene rings is 1. The Hall–Kier alpha value is -0.810. The topological polar surface area (TPSA) is 49.3 Å². The summed E-state index contributed by atoms with van der Waals surface area (Å²) in [5.74, 6) is 0.0687. The van der Waals surface area contributed by atoms with Crippen LogP contribution in [0.2, 0.25) is 0 Å². The van der Waals surface area contributed by atoms with Crippen LogP contribution in [0.3, 0.4) is 0 Å². The summed E-state index contributed by atoms with van der Waals surface area (Å²) < 4.78 is 0. The maximum Gasteiger partial charge on any atom is 0.305 e. The van der Waals surface area contributed by atoms with Crippen molar-refractivity contribution in [2.75, 3.05) is 17.3 Å². The van der Waals surface area contributed by atoms with E-state index in [2.05, 4.69) is 23.7 Å². The molecule has 0 saturated carbocycles. The Labute approximate surface area is 103 Å². The molecular formula is C11H13NO2S2. The number of anilines is 1. The predicted octanol–water partition coefficient (Wildman–Crippen LogP) is 2.77. The van der Waals surface area contributed by atoms with Gasteiger partial charge in [-0.1, -0.05) is 0 Å². The average molecular weight is 255 g/mol. The van der Waals surface area contributed by atoms with Gasteiger partial charge >= 0.3 is 5.97 Å². The van der Waals surface area contributed by atoms with Gasteiger partial charge in [-0.3, -0.25) is 4.79 Å². The smallest absolute Gasteiger partial charge is 0.305 e. The van der Waals surface area contributed by atoms with Crippen LogP contribution in [-0.4, -0.2) is 29.1 Å². The van der Waals surface area contributed by atoms with Gasteiger partial charge in [-0.2, -0.15) is 0 Å². The van der Waals surface area contributed by atoms with E-state index in [1.165, 1.54) is 9.79 Å². The highest BCUT2D eigenvalue weighted by molar-refractivity contribution is 8.00. The molecular weight excluding hydrogens is 242 g/mol. The van der Waals surface area contributed by atoms with Crippen molar-refractivity contribution < 1.29 is 9.90 Å². The first-order valence-electron chi connectivity index (χ1n) is 4.98. The van der Waals surface area contributed by atoms with Crippen LogP contribution in [0.4, 0.5) is 5.69 Å². The Morgan fingerprint density at radius 3 is 3.19 bits per heavy atom. The van der Waals surface area contributed by atoms with E-state index >= 15 is 0 Å². The molecule has 0 fully saturated rings. The van der Waals surface area contributed by atoms with E-state index in [0.29, 0.717) is 0 Å². The summed E-state index contributed by atoms with van der Waals surface area (Å²) in [6.07, 6.45) is 2.23. The predicted molar refractivity (Wildman–Crippen MR) is 68.6 cm³/mol. The first kappa shape index (κ1) is 11.7. The Kier molecular flexibility index (Phi) is 3.66. The molecule has 3 nitrogen and oxygen atoms in total. The third kappa shape index (κ3) is 2.65. The van der Waals surface area contributed by atoms with E-state index in [0.717, 1.165) is 11.4 Å². The van der Waals surface area contributed by atoms with Gasteiger partial charge in [-0.15, -0.1) is 23.5 Å². The molecule has 1 atom stereocenters. The molecule has 0 saturated heterocycles. The van der Waals surface area contributed by atoms with Crippen LogP contribution in [-0.2, 0) is 4.79 Å². The van der Waals surface area contributed by atoms with Gasteiger partial charge in [0.05, 0.1) is 6.42 Å². The molecule has 1 aliphatic rings. The SMILES string of the molecule is CSc1ccc2c(c1)SCC(CC(=O)O)N2. The van der Waals surface area contributed by atoms with Crippen LogP contribution in [0.1, 0.15) is 6.42 Å². The second kappa shape index (κ2) is 5.01. The zero-order valence-corrected chi connectivity index (χ0v) is 10.5. The number of carbonyl (C=O) groups is 1.